The fourth-order valence-corrected chi connectivity index (χ4v) is 12.0. The Labute approximate surface area is 600 Å². The normalized spacial score (nSPS) is 17.1. The highest BCUT2D eigenvalue weighted by Crippen LogP contribution is 2.31. The van der Waals surface area contributed by atoms with E-state index in [0.717, 1.165) is 50.5 Å². The van der Waals surface area contributed by atoms with Crippen LogP contribution in [0.5, 0.6) is 0 Å². The molecule has 0 saturated heterocycles. The lowest BCUT2D eigenvalue weighted by Gasteiger charge is -2.12. The number of aromatic nitrogens is 5. The lowest BCUT2D eigenvalue weighted by Crippen LogP contribution is -2.32. The number of pyridine rings is 5. The minimum Gasteiger partial charge on any atom is -0.201 e. The molecule has 10 aromatic rings. The van der Waals surface area contributed by atoms with Gasteiger partial charge in [-0.15, -0.1) is 0 Å². The van der Waals surface area contributed by atoms with Crippen molar-refractivity contribution in [1.82, 2.24) is 0 Å². The van der Waals surface area contributed by atoms with Crippen LogP contribution >= 0.6 is 0 Å². The van der Waals surface area contributed by atoms with Gasteiger partial charge < -0.3 is 0 Å². The average molecular weight is 1280 g/mol. The van der Waals surface area contributed by atoms with Crippen molar-refractivity contribution in [2.75, 3.05) is 0 Å². The van der Waals surface area contributed by atoms with Gasteiger partial charge in [0, 0.05) is 115 Å². The molecule has 0 radical (unpaired) electrons. The van der Waals surface area contributed by atoms with Gasteiger partial charge in [-0.1, -0.05) is 146 Å². The maximum Gasteiger partial charge on any atom is 0.212 e. The largest absolute Gasteiger partial charge is 0.212 e. The fourth-order valence-electron chi connectivity index (χ4n) is 12.0. The summed E-state index contributed by atoms with van der Waals surface area (Å²) < 4.78 is 171. The van der Waals surface area contributed by atoms with Crippen LogP contribution in [-0.4, -0.2) is 0 Å². The van der Waals surface area contributed by atoms with Crippen LogP contribution in [0, 0.1) is 96.7 Å². The van der Waals surface area contributed by atoms with E-state index in [0.29, 0.717) is 56.3 Å². The number of aryl methyl sites for hydroxylation is 19. The Morgan fingerprint density at radius 2 is 0.596 bits per heavy atom. The van der Waals surface area contributed by atoms with E-state index in [1.807, 2.05) is 32.9 Å². The zero-order chi connectivity index (χ0) is 87.7. The van der Waals surface area contributed by atoms with E-state index >= 15 is 0 Å². The summed E-state index contributed by atoms with van der Waals surface area (Å²) in [5, 5.41) is 0. The van der Waals surface area contributed by atoms with Crippen molar-refractivity contribution in [3.05, 3.63) is 264 Å². The second-order valence-electron chi connectivity index (χ2n) is 26.4. The predicted molar refractivity (Wildman–Crippen MR) is 402 cm³/mol. The topological polar surface area (TPSA) is 19.4 Å². The summed E-state index contributed by atoms with van der Waals surface area (Å²) in [5.41, 5.74) is 27.3. The van der Waals surface area contributed by atoms with E-state index in [2.05, 4.69) is 153 Å². The van der Waals surface area contributed by atoms with Gasteiger partial charge in [0.1, 0.15) is 35.2 Å². The minimum atomic E-state index is -2.45. The van der Waals surface area contributed by atoms with Gasteiger partial charge in [-0.2, -0.15) is 0 Å². The summed E-state index contributed by atoms with van der Waals surface area (Å²) in [6, 6.07) is 40.4. The van der Waals surface area contributed by atoms with Gasteiger partial charge in [0.15, 0.2) is 31.0 Å². The minimum absolute atomic E-state index is 0.303. The summed E-state index contributed by atoms with van der Waals surface area (Å²) in [6.45, 7) is 21.6. The number of hydrogen-bond donors (Lipinski definition) is 0. The molecule has 0 aliphatic carbocycles. The summed E-state index contributed by atoms with van der Waals surface area (Å²) in [7, 11) is 9.63. The summed E-state index contributed by atoms with van der Waals surface area (Å²) in [4.78, 5) is 0. The first-order valence-electron chi connectivity index (χ1n) is 42.9. The number of hydrogen-bond acceptors (Lipinski definition) is 0. The van der Waals surface area contributed by atoms with Crippen molar-refractivity contribution in [3.8, 4) is 56.3 Å². The molecule has 0 fully saturated rings. The predicted octanol–water partition coefficient (Wildman–Crippen LogP) is 20.8. The molecule has 0 spiro atoms. The SMILES string of the molecule is Cc1ccc(-c2cc(C(C)C)c(C)c[n+]2C)c(C)c1.Cc1ccc(-c2cc(C)c(C(C)C)c[n+]2C)c(C)c1.[2H]C([2H])([2H])C([2H])(C)c1ccc(-c2ccc(C([2H])(C)C([2H])([2H])[2H])c[n+]2C)c(C)c1.[2H]C([2H])([2H])c1c[n+](C)c(-c2ccc(C([2H])(C)C([2H])([2H])[2H])cc2C)cc1C.[2H]C([2H])([2H])c1ccc(-c2cc(C)c(C([2H])([2H])[2H])c[n+]2C)c(C)c1. The highest BCUT2D eigenvalue weighted by molar-refractivity contribution is 5.66. The molecule has 5 nitrogen and oxygen atoms in total. The monoisotopic (exact) mass is 1280 g/mol. The Balaban J connectivity index is 0.000000225. The van der Waals surface area contributed by atoms with Crippen LogP contribution in [0.15, 0.2) is 158 Å². The second kappa shape index (κ2) is 32.8. The van der Waals surface area contributed by atoms with Crippen molar-refractivity contribution in [2.24, 2.45) is 35.2 Å². The van der Waals surface area contributed by atoms with E-state index < -0.39 is 58.8 Å². The Hall–Kier alpha value is -8.15. The first-order valence-corrected chi connectivity index (χ1v) is 32.4. The summed E-state index contributed by atoms with van der Waals surface area (Å²) >= 11 is 0. The van der Waals surface area contributed by atoms with Crippen LogP contribution in [0.3, 0.4) is 0 Å². The van der Waals surface area contributed by atoms with Gasteiger partial charge in [-0.3, -0.25) is 0 Å². The third-order valence-corrected chi connectivity index (χ3v) is 17.5. The van der Waals surface area contributed by atoms with Gasteiger partial charge in [0.2, 0.25) is 28.5 Å². The van der Waals surface area contributed by atoms with Crippen LogP contribution in [0.2, 0.25) is 0 Å². The Bertz CT molecular complexity index is 5090. The van der Waals surface area contributed by atoms with Crippen molar-refractivity contribution in [3.63, 3.8) is 0 Å². The van der Waals surface area contributed by atoms with Crippen LogP contribution in [-0.2, 0) is 35.2 Å². The van der Waals surface area contributed by atoms with E-state index in [1.54, 1.807) is 134 Å². The van der Waals surface area contributed by atoms with E-state index in [9.17, 15) is 0 Å². The highest BCUT2D eigenvalue weighted by Gasteiger charge is 2.21. The summed E-state index contributed by atoms with van der Waals surface area (Å²) in [6.07, 6.45) is 9.38. The Morgan fingerprint density at radius 1 is 0.266 bits per heavy atom. The molecule has 0 bridgehead atoms. The lowest BCUT2D eigenvalue weighted by atomic mass is 9.95. The van der Waals surface area contributed by atoms with Gasteiger partial charge in [-0.05, 0) is 224 Å². The Morgan fingerprint density at radius 3 is 0.979 bits per heavy atom. The molecule has 0 N–H and O–H groups in total. The Kier molecular flexibility index (Phi) is 17.2. The molecule has 94 heavy (non-hydrogen) atoms. The molecule has 5 heterocycles. The van der Waals surface area contributed by atoms with E-state index in [1.165, 1.54) is 87.8 Å². The number of nitrogens with zero attached hydrogens (tertiary/aromatic N) is 5. The van der Waals surface area contributed by atoms with Crippen LogP contribution < -0.4 is 22.8 Å². The van der Waals surface area contributed by atoms with Gasteiger partial charge in [0.05, 0.1) is 0 Å². The zero-order valence-corrected chi connectivity index (χ0v) is 60.4. The van der Waals surface area contributed by atoms with E-state index in [-0.39, 0.29) is 0 Å². The first-order chi connectivity index (χ1) is 52.4. The molecule has 5 aromatic carbocycles. The molecular formula is C89H118N5+5. The van der Waals surface area contributed by atoms with Crippen molar-refractivity contribution in [1.29, 1.82) is 0 Å². The molecule has 0 saturated carbocycles. The molecule has 0 aliphatic rings. The second-order valence-corrected chi connectivity index (χ2v) is 26.4. The van der Waals surface area contributed by atoms with Crippen LogP contribution in [0.25, 0.3) is 56.3 Å². The van der Waals surface area contributed by atoms with Gasteiger partial charge in [-0.25, -0.2) is 22.8 Å². The van der Waals surface area contributed by atoms with E-state index in [4.69, 9.17) is 28.8 Å². The van der Waals surface area contributed by atoms with Crippen LogP contribution in [0.4, 0.5) is 0 Å². The average Bonchev–Trinajstić information content (AvgIpc) is 0.801. The molecule has 5 heteroatoms. The molecule has 494 valence electrons. The van der Waals surface area contributed by atoms with Crippen molar-refractivity contribution < 1.29 is 51.6 Å². The molecular weight excluding hydrogens is 1140 g/mol. The lowest BCUT2D eigenvalue weighted by molar-refractivity contribution is -0.661. The smallest absolute Gasteiger partial charge is 0.201 e. The molecule has 3 unspecified atom stereocenters. The van der Waals surface area contributed by atoms with Crippen LogP contribution in [0.1, 0.15) is 233 Å². The zero-order valence-electron chi connectivity index (χ0n) is 81.4. The quantitative estimate of drug-likeness (QED) is 0.122. The molecule has 10 rings (SSSR count). The molecule has 0 amide bonds. The molecule has 0 aliphatic heterocycles. The third kappa shape index (κ3) is 19.0. The molecule has 3 atom stereocenters. The third-order valence-electron chi connectivity index (χ3n) is 17.5. The maximum atomic E-state index is 8.25. The van der Waals surface area contributed by atoms with Gasteiger partial charge in [0.25, 0.3) is 0 Å². The van der Waals surface area contributed by atoms with Crippen molar-refractivity contribution in [2.45, 2.75) is 195 Å². The first kappa shape index (κ1) is 49.4. The number of benzene rings is 5. The molecule has 5 aromatic heterocycles. The standard InChI is InChI=1S/C19H26N.3C18H24N.C16H20N/c1-13(2)16-7-9-18(15(5)11-16)19-10-8-17(14(3)4)12-20(19)6;1-12(2)16-7-8-17(14(4)9-16)18-10-13(3)15(5)11-19(18)6;1-12(2)17-10-18(19(6)11-15(17)5)16-8-7-13(3)9-14(16)4;1-12(2)17-11-19(6)18(10-15(17)5)16-8-7-13(3)9-14(16)4;1-11-6-7-15(13(3)8-11)16-9-12(2)14(4)10-17(16)5/h7-14H,1-6H3;3*7-12H,1-6H3;6-10H,1-5H3/q5*+1/i1D3,3D3,13D,14D;1D3,5D3,12D;;;1D3,4D3. The number of rotatable bonds is 10. The van der Waals surface area contributed by atoms with Crippen molar-refractivity contribution >= 4 is 0 Å². The highest BCUT2D eigenvalue weighted by atomic mass is 14.9. The summed E-state index contributed by atoms with van der Waals surface area (Å²) in [5.74, 6) is -4.01. The maximum absolute atomic E-state index is 8.25. The van der Waals surface area contributed by atoms with Gasteiger partial charge >= 0.3 is 0 Å². The fraction of sp³-hybridized carbons (Fsp3) is 0.382.